The number of nitrogens with one attached hydrogen (secondary N) is 1. The quantitative estimate of drug-likeness (QED) is 0.290. The molecule has 5 rings (SSSR count). The third-order valence-electron chi connectivity index (χ3n) is 8.27. The SMILES string of the molecule is CCCCC1=NC2(CCCC2)C(=O)N1Cc1ccc(-c2ccccc2S(=O)(=O)Nc2onc(C)c2C)c(N(C)C=O)c1. The van der Waals surface area contributed by atoms with Crippen LogP contribution in [0.4, 0.5) is 11.6 Å². The fraction of sp³-hybridized carbons (Fsp3) is 0.419. The van der Waals surface area contributed by atoms with E-state index in [1.165, 1.54) is 11.0 Å². The monoisotopic (exact) mass is 591 g/mol. The van der Waals surface area contributed by atoms with Crippen LogP contribution in [0, 0.1) is 13.8 Å². The molecule has 2 amide bonds. The average molecular weight is 592 g/mol. The number of unbranched alkanes of at least 4 members (excludes halogenated alkanes) is 1. The molecule has 0 radical (unpaired) electrons. The van der Waals surface area contributed by atoms with Crippen molar-refractivity contribution < 1.29 is 22.5 Å². The maximum absolute atomic E-state index is 13.7. The summed E-state index contributed by atoms with van der Waals surface area (Å²) in [6, 6.07) is 12.1. The van der Waals surface area contributed by atoms with E-state index in [4.69, 9.17) is 9.52 Å². The van der Waals surface area contributed by atoms with Gasteiger partial charge in [0.15, 0.2) is 0 Å². The highest BCUT2D eigenvalue weighted by Crippen LogP contribution is 2.41. The lowest BCUT2D eigenvalue weighted by molar-refractivity contribution is -0.131. The summed E-state index contributed by atoms with van der Waals surface area (Å²) >= 11 is 0. The number of benzene rings is 2. The number of aryl methyl sites for hydroxylation is 1. The average Bonchev–Trinajstić information content (AvgIpc) is 3.66. The minimum Gasteiger partial charge on any atom is -0.337 e. The van der Waals surface area contributed by atoms with Crippen molar-refractivity contribution in [3.8, 4) is 11.1 Å². The Bertz CT molecular complexity index is 1640. The largest absolute Gasteiger partial charge is 0.337 e. The van der Waals surface area contributed by atoms with Crippen LogP contribution in [0.15, 0.2) is 56.9 Å². The van der Waals surface area contributed by atoms with Crippen LogP contribution in [0.5, 0.6) is 0 Å². The van der Waals surface area contributed by atoms with Crippen molar-refractivity contribution in [1.82, 2.24) is 10.1 Å². The van der Waals surface area contributed by atoms with Crippen LogP contribution < -0.4 is 9.62 Å². The predicted molar refractivity (Wildman–Crippen MR) is 162 cm³/mol. The summed E-state index contributed by atoms with van der Waals surface area (Å²) in [4.78, 5) is 33.9. The topological polar surface area (TPSA) is 125 Å². The number of aliphatic imine (C=N–C) groups is 1. The number of nitrogens with zero attached hydrogens (tertiary/aromatic N) is 4. The second-order valence-corrected chi connectivity index (χ2v) is 12.8. The Kier molecular flexibility index (Phi) is 8.23. The molecule has 3 aromatic rings. The molecule has 1 fully saturated rings. The molecule has 222 valence electrons. The molecule has 1 spiro atoms. The normalized spacial score (nSPS) is 16.2. The molecule has 42 heavy (non-hydrogen) atoms. The van der Waals surface area contributed by atoms with Gasteiger partial charge in [-0.3, -0.25) is 19.5 Å². The molecule has 1 aliphatic heterocycles. The van der Waals surface area contributed by atoms with Gasteiger partial charge in [-0.05, 0) is 50.8 Å². The van der Waals surface area contributed by atoms with E-state index in [2.05, 4.69) is 16.8 Å². The molecule has 1 aromatic heterocycles. The van der Waals surface area contributed by atoms with Crippen molar-refractivity contribution in [3.63, 3.8) is 0 Å². The van der Waals surface area contributed by atoms with Gasteiger partial charge in [0.2, 0.25) is 12.3 Å². The Balaban J connectivity index is 1.51. The second kappa shape index (κ2) is 11.7. The maximum atomic E-state index is 13.7. The van der Waals surface area contributed by atoms with Crippen LogP contribution in [0.25, 0.3) is 11.1 Å². The molecule has 0 atom stereocenters. The van der Waals surface area contributed by atoms with Gasteiger partial charge in [-0.2, -0.15) is 0 Å². The Labute approximate surface area is 246 Å². The van der Waals surface area contributed by atoms with Crippen LogP contribution in [-0.4, -0.2) is 49.2 Å². The molecule has 1 N–H and O–H groups in total. The van der Waals surface area contributed by atoms with Crippen molar-refractivity contribution in [3.05, 3.63) is 59.3 Å². The number of amidine groups is 1. The molecule has 0 unspecified atom stereocenters. The van der Waals surface area contributed by atoms with E-state index in [9.17, 15) is 18.0 Å². The molecule has 1 saturated carbocycles. The van der Waals surface area contributed by atoms with E-state index in [-0.39, 0.29) is 16.7 Å². The number of amides is 2. The fourth-order valence-corrected chi connectivity index (χ4v) is 7.01. The summed E-state index contributed by atoms with van der Waals surface area (Å²) in [5.41, 5.74) is 2.87. The van der Waals surface area contributed by atoms with Gasteiger partial charge < -0.3 is 9.42 Å². The minimum absolute atomic E-state index is 0.0265. The Morgan fingerprint density at radius 3 is 2.52 bits per heavy atom. The van der Waals surface area contributed by atoms with Crippen LogP contribution in [0.2, 0.25) is 0 Å². The zero-order valence-corrected chi connectivity index (χ0v) is 25.3. The summed E-state index contributed by atoms with van der Waals surface area (Å²) < 4.78 is 34.8. The zero-order valence-electron chi connectivity index (χ0n) is 24.5. The first-order chi connectivity index (χ1) is 20.1. The van der Waals surface area contributed by atoms with Crippen LogP contribution in [0.3, 0.4) is 0 Å². The second-order valence-electron chi connectivity index (χ2n) is 11.2. The third kappa shape index (κ3) is 5.45. The summed E-state index contributed by atoms with van der Waals surface area (Å²) in [5, 5.41) is 3.84. The van der Waals surface area contributed by atoms with Crippen molar-refractivity contribution in [2.45, 2.75) is 82.7 Å². The summed E-state index contributed by atoms with van der Waals surface area (Å²) in [7, 11) is -2.46. The van der Waals surface area contributed by atoms with Gasteiger partial charge >= 0.3 is 0 Å². The van der Waals surface area contributed by atoms with E-state index in [0.29, 0.717) is 41.0 Å². The van der Waals surface area contributed by atoms with Gasteiger partial charge in [0.05, 0.1) is 22.8 Å². The summed E-state index contributed by atoms with van der Waals surface area (Å²) in [6.07, 6.45) is 6.94. The van der Waals surface area contributed by atoms with Crippen molar-refractivity contribution in [2.24, 2.45) is 4.99 Å². The van der Waals surface area contributed by atoms with E-state index < -0.39 is 15.6 Å². The Hall–Kier alpha value is -3.99. The molecule has 1 aliphatic carbocycles. The first-order valence-corrected chi connectivity index (χ1v) is 15.9. The molecule has 0 saturated heterocycles. The zero-order chi connectivity index (χ0) is 30.1. The molecule has 2 heterocycles. The van der Waals surface area contributed by atoms with Gasteiger partial charge in [0, 0.05) is 30.2 Å². The first-order valence-electron chi connectivity index (χ1n) is 14.4. The summed E-state index contributed by atoms with van der Waals surface area (Å²) in [5.74, 6) is 0.943. The molecule has 2 aromatic carbocycles. The standard InChI is InChI=1S/C31H37N5O5S/c1-5-6-13-28-32-31(16-9-10-17-31)30(38)36(28)19-23-14-15-24(26(18-23)35(4)20-37)25-11-7-8-12-27(25)42(39,40)34-29-21(2)22(3)33-41-29/h7-8,11-12,14-15,18,20,34H,5-6,9-10,13,16-17,19H2,1-4H3. The number of rotatable bonds is 11. The lowest BCUT2D eigenvalue weighted by Crippen LogP contribution is -2.40. The van der Waals surface area contributed by atoms with Crippen molar-refractivity contribution in [1.29, 1.82) is 0 Å². The number of sulfonamides is 1. The molecular weight excluding hydrogens is 554 g/mol. The molecule has 0 bridgehead atoms. The first kappa shape index (κ1) is 29.5. The third-order valence-corrected chi connectivity index (χ3v) is 9.66. The van der Waals surface area contributed by atoms with E-state index in [1.54, 1.807) is 45.2 Å². The number of anilines is 2. The highest BCUT2D eigenvalue weighted by atomic mass is 32.2. The highest BCUT2D eigenvalue weighted by Gasteiger charge is 2.49. The Morgan fingerprint density at radius 2 is 1.86 bits per heavy atom. The number of aromatic nitrogens is 1. The van der Waals surface area contributed by atoms with Crippen molar-refractivity contribution >= 4 is 39.7 Å². The summed E-state index contributed by atoms with van der Waals surface area (Å²) in [6.45, 7) is 5.91. The van der Waals surface area contributed by atoms with E-state index >= 15 is 0 Å². The maximum Gasteiger partial charge on any atom is 0.264 e. The van der Waals surface area contributed by atoms with Gasteiger partial charge in [0.25, 0.3) is 15.9 Å². The predicted octanol–water partition coefficient (Wildman–Crippen LogP) is 5.60. The van der Waals surface area contributed by atoms with Crippen LogP contribution in [0.1, 0.15) is 68.7 Å². The fourth-order valence-electron chi connectivity index (χ4n) is 5.74. The Morgan fingerprint density at radius 1 is 1.12 bits per heavy atom. The number of hydrogen-bond donors (Lipinski definition) is 1. The van der Waals surface area contributed by atoms with Crippen LogP contribution >= 0.6 is 0 Å². The van der Waals surface area contributed by atoms with Gasteiger partial charge in [0.1, 0.15) is 11.4 Å². The number of hydrogen-bond acceptors (Lipinski definition) is 7. The lowest BCUT2D eigenvalue weighted by Gasteiger charge is -2.24. The van der Waals surface area contributed by atoms with E-state index in [0.717, 1.165) is 56.3 Å². The van der Waals surface area contributed by atoms with E-state index in [1.807, 2.05) is 17.0 Å². The molecule has 10 nitrogen and oxygen atoms in total. The molecule has 11 heteroatoms. The number of carbonyl (C=O) groups excluding carboxylic acids is 2. The van der Waals surface area contributed by atoms with Crippen molar-refractivity contribution in [2.75, 3.05) is 16.7 Å². The van der Waals surface area contributed by atoms with Gasteiger partial charge in [-0.1, -0.05) is 61.7 Å². The molecule has 2 aliphatic rings. The smallest absolute Gasteiger partial charge is 0.264 e. The number of carbonyl (C=O) groups is 2. The van der Waals surface area contributed by atoms with Gasteiger partial charge in [-0.15, -0.1) is 0 Å². The lowest BCUT2D eigenvalue weighted by atomic mass is 9.97. The highest BCUT2D eigenvalue weighted by molar-refractivity contribution is 7.92. The minimum atomic E-state index is -4.07. The molecular formula is C31H37N5O5S. The van der Waals surface area contributed by atoms with Crippen LogP contribution in [-0.2, 0) is 26.2 Å². The van der Waals surface area contributed by atoms with Gasteiger partial charge in [-0.25, -0.2) is 13.1 Å².